The fraction of sp³-hybridized carbons (Fsp3) is 0.500. The molecule has 6 nitrogen and oxygen atoms in total. The van der Waals surface area contributed by atoms with E-state index in [9.17, 15) is 0 Å². The molecule has 106 valence electrons. The highest BCUT2D eigenvalue weighted by atomic mass is 16.5. The number of hydrogen-bond acceptors (Lipinski definition) is 5. The van der Waals surface area contributed by atoms with Gasteiger partial charge in [0.2, 0.25) is 0 Å². The van der Waals surface area contributed by atoms with Crippen molar-refractivity contribution in [2.45, 2.75) is 25.2 Å². The molecule has 0 radical (unpaired) electrons. The number of nitrogens with zero attached hydrogens (tertiary/aromatic N) is 3. The Morgan fingerprint density at radius 2 is 1.95 bits per heavy atom. The third kappa shape index (κ3) is 2.27. The van der Waals surface area contributed by atoms with Crippen LogP contribution in [0.2, 0.25) is 0 Å². The average molecular weight is 273 g/mol. The first-order valence-corrected chi connectivity index (χ1v) is 7.03. The Balaban J connectivity index is 1.97. The molecule has 1 aliphatic rings. The molecule has 0 aliphatic carbocycles. The summed E-state index contributed by atoms with van der Waals surface area (Å²) >= 11 is 0. The third-order valence-corrected chi connectivity index (χ3v) is 3.95. The molecule has 1 aliphatic heterocycles. The van der Waals surface area contributed by atoms with Crippen molar-refractivity contribution in [3.05, 3.63) is 35.7 Å². The van der Waals surface area contributed by atoms with Crippen molar-refractivity contribution < 1.29 is 4.74 Å². The largest absolute Gasteiger partial charge is 0.494 e. The molecule has 2 N–H and O–H groups in total. The molecule has 3 rings (SSSR count). The quantitative estimate of drug-likeness (QED) is 0.877. The van der Waals surface area contributed by atoms with E-state index >= 15 is 0 Å². The summed E-state index contributed by atoms with van der Waals surface area (Å²) in [5, 5.41) is 18.2. The molecule has 0 spiro atoms. The third-order valence-electron chi connectivity index (χ3n) is 3.95. The Kier molecular flexibility index (Phi) is 3.64. The predicted molar refractivity (Wildman–Crippen MR) is 74.7 cm³/mol. The first-order valence-electron chi connectivity index (χ1n) is 7.03. The Labute approximate surface area is 117 Å². The van der Waals surface area contributed by atoms with E-state index in [4.69, 9.17) is 4.74 Å². The normalized spacial score (nSPS) is 17.9. The molecule has 1 saturated heterocycles. The molecular formula is C14H19N5O. The second-order valence-electron chi connectivity index (χ2n) is 5.02. The van der Waals surface area contributed by atoms with Gasteiger partial charge in [0.15, 0.2) is 5.82 Å². The zero-order valence-corrected chi connectivity index (χ0v) is 11.6. The van der Waals surface area contributed by atoms with Gasteiger partial charge in [0.05, 0.1) is 12.0 Å². The van der Waals surface area contributed by atoms with Gasteiger partial charge in [-0.25, -0.2) is 0 Å². The number of aromatic nitrogens is 4. The second kappa shape index (κ2) is 5.58. The van der Waals surface area contributed by atoms with Crippen LogP contribution in [0.15, 0.2) is 24.3 Å². The predicted octanol–water partition coefficient (Wildman–Crippen LogP) is 1.27. The SMILES string of the molecule is CCOc1ccc(C2(c3nn[nH]n3)CCNCC2)cc1. The summed E-state index contributed by atoms with van der Waals surface area (Å²) in [6.45, 7) is 4.59. The number of piperidine rings is 1. The van der Waals surface area contributed by atoms with Gasteiger partial charge in [0.25, 0.3) is 0 Å². The van der Waals surface area contributed by atoms with Gasteiger partial charge in [-0.3, -0.25) is 0 Å². The van der Waals surface area contributed by atoms with Gasteiger partial charge in [0, 0.05) is 0 Å². The van der Waals surface area contributed by atoms with Crippen LogP contribution >= 0.6 is 0 Å². The summed E-state index contributed by atoms with van der Waals surface area (Å²) < 4.78 is 5.51. The number of ether oxygens (including phenoxy) is 1. The zero-order chi connectivity index (χ0) is 13.8. The Hall–Kier alpha value is -1.95. The standard InChI is InChI=1S/C14H19N5O/c1-2-20-12-5-3-11(4-6-12)14(7-9-15-10-8-14)13-16-18-19-17-13/h3-6,15H,2,7-10H2,1H3,(H,16,17,18,19). The molecule has 0 atom stereocenters. The highest BCUT2D eigenvalue weighted by Crippen LogP contribution is 2.38. The molecule has 0 bridgehead atoms. The lowest BCUT2D eigenvalue weighted by Crippen LogP contribution is -2.41. The number of benzene rings is 1. The summed E-state index contributed by atoms with van der Waals surface area (Å²) in [6.07, 6.45) is 1.95. The lowest BCUT2D eigenvalue weighted by atomic mass is 9.72. The number of aromatic amines is 1. The van der Waals surface area contributed by atoms with Gasteiger partial charge in [-0.1, -0.05) is 17.3 Å². The molecule has 2 heterocycles. The van der Waals surface area contributed by atoms with Gasteiger partial charge in [-0.15, -0.1) is 10.2 Å². The van der Waals surface area contributed by atoms with Crippen LogP contribution in [0.1, 0.15) is 31.2 Å². The van der Waals surface area contributed by atoms with E-state index < -0.39 is 0 Å². The van der Waals surface area contributed by atoms with Crippen LogP contribution in [-0.2, 0) is 5.41 Å². The van der Waals surface area contributed by atoms with E-state index in [-0.39, 0.29) is 5.41 Å². The van der Waals surface area contributed by atoms with E-state index in [1.165, 1.54) is 5.56 Å². The molecule has 0 unspecified atom stereocenters. The molecule has 1 aromatic heterocycles. The summed E-state index contributed by atoms with van der Waals surface area (Å²) in [6, 6.07) is 8.27. The molecule has 1 aromatic carbocycles. The van der Waals surface area contributed by atoms with Crippen molar-refractivity contribution in [3.63, 3.8) is 0 Å². The Morgan fingerprint density at radius 3 is 2.55 bits per heavy atom. The molecule has 20 heavy (non-hydrogen) atoms. The summed E-state index contributed by atoms with van der Waals surface area (Å²) in [4.78, 5) is 0. The Bertz CT molecular complexity index is 531. The van der Waals surface area contributed by atoms with E-state index in [1.807, 2.05) is 19.1 Å². The lowest BCUT2D eigenvalue weighted by molar-refractivity contribution is 0.335. The van der Waals surface area contributed by atoms with Crippen LogP contribution in [0.5, 0.6) is 5.75 Å². The number of nitrogens with one attached hydrogen (secondary N) is 2. The maximum atomic E-state index is 5.51. The fourth-order valence-electron chi connectivity index (χ4n) is 2.90. The van der Waals surface area contributed by atoms with E-state index in [2.05, 4.69) is 38.1 Å². The Morgan fingerprint density at radius 1 is 1.20 bits per heavy atom. The van der Waals surface area contributed by atoms with Crippen molar-refractivity contribution in [1.29, 1.82) is 0 Å². The maximum Gasteiger partial charge on any atom is 0.185 e. The molecule has 6 heteroatoms. The van der Waals surface area contributed by atoms with Gasteiger partial charge in [0.1, 0.15) is 5.75 Å². The van der Waals surface area contributed by atoms with Crippen molar-refractivity contribution in [3.8, 4) is 5.75 Å². The maximum absolute atomic E-state index is 5.51. The highest BCUT2D eigenvalue weighted by Gasteiger charge is 2.39. The fourth-order valence-corrected chi connectivity index (χ4v) is 2.90. The minimum atomic E-state index is -0.150. The number of rotatable bonds is 4. The lowest BCUT2D eigenvalue weighted by Gasteiger charge is -2.35. The van der Waals surface area contributed by atoms with Crippen LogP contribution in [-0.4, -0.2) is 40.3 Å². The molecule has 2 aromatic rings. The number of H-pyrrole nitrogens is 1. The average Bonchev–Trinajstić information content (AvgIpc) is 3.04. The molecular weight excluding hydrogens is 254 g/mol. The van der Waals surface area contributed by atoms with Crippen molar-refractivity contribution >= 4 is 0 Å². The minimum absolute atomic E-state index is 0.150. The second-order valence-corrected chi connectivity index (χ2v) is 5.02. The van der Waals surface area contributed by atoms with Crippen molar-refractivity contribution in [2.24, 2.45) is 0 Å². The van der Waals surface area contributed by atoms with Gasteiger partial charge in [-0.2, -0.15) is 5.21 Å². The topological polar surface area (TPSA) is 75.7 Å². The van der Waals surface area contributed by atoms with Crippen LogP contribution in [0.3, 0.4) is 0 Å². The van der Waals surface area contributed by atoms with Crippen LogP contribution in [0.4, 0.5) is 0 Å². The summed E-state index contributed by atoms with van der Waals surface area (Å²) in [7, 11) is 0. The van der Waals surface area contributed by atoms with Crippen LogP contribution in [0.25, 0.3) is 0 Å². The number of tetrazole rings is 1. The van der Waals surface area contributed by atoms with Gasteiger partial charge >= 0.3 is 0 Å². The minimum Gasteiger partial charge on any atom is -0.494 e. The van der Waals surface area contributed by atoms with Gasteiger partial charge < -0.3 is 10.1 Å². The summed E-state index contributed by atoms with van der Waals surface area (Å²) in [5.41, 5.74) is 1.08. The number of hydrogen-bond donors (Lipinski definition) is 2. The van der Waals surface area contributed by atoms with Crippen LogP contribution in [0, 0.1) is 0 Å². The highest BCUT2D eigenvalue weighted by molar-refractivity contribution is 5.37. The zero-order valence-electron chi connectivity index (χ0n) is 11.6. The summed E-state index contributed by atoms with van der Waals surface area (Å²) in [5.74, 6) is 1.68. The first kappa shape index (κ1) is 13.1. The smallest absolute Gasteiger partial charge is 0.185 e. The van der Waals surface area contributed by atoms with Gasteiger partial charge in [-0.05, 0) is 50.6 Å². The van der Waals surface area contributed by atoms with E-state index in [0.29, 0.717) is 6.61 Å². The van der Waals surface area contributed by atoms with Crippen molar-refractivity contribution in [1.82, 2.24) is 25.9 Å². The monoisotopic (exact) mass is 273 g/mol. The molecule has 0 amide bonds. The molecule has 1 fully saturated rings. The van der Waals surface area contributed by atoms with Crippen LogP contribution < -0.4 is 10.1 Å². The van der Waals surface area contributed by atoms with Crippen molar-refractivity contribution in [2.75, 3.05) is 19.7 Å². The molecule has 0 saturated carbocycles. The van der Waals surface area contributed by atoms with E-state index in [0.717, 1.165) is 37.5 Å². The van der Waals surface area contributed by atoms with E-state index in [1.54, 1.807) is 0 Å². The first-order chi connectivity index (χ1) is 9.85.